The molecule has 3 nitrogen and oxygen atoms in total. The number of rotatable bonds is 2. The second-order valence-corrected chi connectivity index (χ2v) is 6.54. The van der Waals surface area contributed by atoms with Crippen molar-refractivity contribution in [2.45, 2.75) is 40.3 Å². The molecule has 0 fully saturated rings. The van der Waals surface area contributed by atoms with Crippen LogP contribution in [0.5, 0.6) is 0 Å². The Morgan fingerprint density at radius 3 is 2.52 bits per heavy atom. The van der Waals surface area contributed by atoms with Gasteiger partial charge in [0.25, 0.3) is 0 Å². The minimum atomic E-state index is 0.108. The number of nitrogens with zero attached hydrogens (tertiary/aromatic N) is 2. The summed E-state index contributed by atoms with van der Waals surface area (Å²) < 4.78 is 0. The second-order valence-electron chi connectivity index (χ2n) is 6.54. The van der Waals surface area contributed by atoms with E-state index >= 15 is 0 Å². The molecule has 3 rings (SSSR count). The van der Waals surface area contributed by atoms with E-state index in [1.807, 2.05) is 23.1 Å². The van der Waals surface area contributed by atoms with E-state index in [0.29, 0.717) is 0 Å². The number of hydrogen-bond donors (Lipinski definition) is 0. The van der Waals surface area contributed by atoms with Gasteiger partial charge in [-0.1, -0.05) is 35.9 Å². The highest BCUT2D eigenvalue weighted by Crippen LogP contribution is 2.36. The Kier molecular flexibility index (Phi) is 4.12. The number of hydrogen-bond acceptors (Lipinski definition) is 2. The van der Waals surface area contributed by atoms with Gasteiger partial charge in [-0.15, -0.1) is 0 Å². The Morgan fingerprint density at radius 1 is 1.13 bits per heavy atom. The first-order valence-corrected chi connectivity index (χ1v) is 8.17. The lowest BCUT2D eigenvalue weighted by Crippen LogP contribution is -2.49. The van der Waals surface area contributed by atoms with Crippen LogP contribution in [0.15, 0.2) is 42.5 Å². The molecule has 120 valence electrons. The zero-order chi connectivity index (χ0) is 16.6. The molecule has 2 aromatic carbocycles. The Bertz CT molecular complexity index is 738. The van der Waals surface area contributed by atoms with Crippen LogP contribution in [-0.4, -0.2) is 18.5 Å². The van der Waals surface area contributed by atoms with Crippen LogP contribution in [0.25, 0.3) is 0 Å². The quantitative estimate of drug-likeness (QED) is 0.835. The molecule has 0 bridgehead atoms. The monoisotopic (exact) mass is 308 g/mol. The molecule has 1 aliphatic rings. The summed E-state index contributed by atoms with van der Waals surface area (Å²) in [5.41, 5.74) is 6.11. The van der Waals surface area contributed by atoms with Crippen molar-refractivity contribution in [2.24, 2.45) is 0 Å². The van der Waals surface area contributed by atoms with Gasteiger partial charge in [0.05, 0.1) is 17.4 Å². The normalized spacial score (nSPS) is 17.1. The van der Waals surface area contributed by atoms with Gasteiger partial charge in [-0.25, -0.2) is 0 Å². The van der Waals surface area contributed by atoms with Gasteiger partial charge in [-0.05, 0) is 44.0 Å². The third-order valence-corrected chi connectivity index (χ3v) is 4.61. The third-order valence-electron chi connectivity index (χ3n) is 4.61. The van der Waals surface area contributed by atoms with E-state index < -0.39 is 0 Å². The lowest BCUT2D eigenvalue weighted by molar-refractivity contribution is -0.117. The fourth-order valence-electron chi connectivity index (χ4n) is 3.48. The Labute approximate surface area is 138 Å². The van der Waals surface area contributed by atoms with Crippen molar-refractivity contribution in [3.63, 3.8) is 0 Å². The van der Waals surface area contributed by atoms with Crippen LogP contribution in [0.4, 0.5) is 11.4 Å². The van der Waals surface area contributed by atoms with Crippen LogP contribution in [0, 0.1) is 13.8 Å². The molecule has 0 radical (unpaired) electrons. The molecule has 1 heterocycles. The highest BCUT2D eigenvalue weighted by molar-refractivity contribution is 5.97. The zero-order valence-electron chi connectivity index (χ0n) is 14.3. The van der Waals surface area contributed by atoms with E-state index in [9.17, 15) is 4.79 Å². The molecule has 23 heavy (non-hydrogen) atoms. The lowest BCUT2D eigenvalue weighted by Gasteiger charge is -2.42. The third kappa shape index (κ3) is 2.96. The molecule has 0 spiro atoms. The second kappa shape index (κ2) is 6.07. The van der Waals surface area contributed by atoms with Gasteiger partial charge in [0.15, 0.2) is 0 Å². The summed E-state index contributed by atoms with van der Waals surface area (Å²) in [6.07, 6.45) is 0. The van der Waals surface area contributed by atoms with Crippen molar-refractivity contribution in [1.29, 1.82) is 0 Å². The Balaban J connectivity index is 1.99. The predicted molar refractivity (Wildman–Crippen MR) is 96.0 cm³/mol. The van der Waals surface area contributed by atoms with Crippen molar-refractivity contribution in [3.8, 4) is 0 Å². The molecule has 0 saturated carbocycles. The summed E-state index contributed by atoms with van der Waals surface area (Å²) in [5.74, 6) is 0.108. The Hall–Kier alpha value is -2.29. The van der Waals surface area contributed by atoms with E-state index in [4.69, 9.17) is 0 Å². The van der Waals surface area contributed by atoms with E-state index in [1.165, 1.54) is 16.7 Å². The van der Waals surface area contributed by atoms with Crippen LogP contribution in [0.2, 0.25) is 0 Å². The molecule has 1 unspecified atom stereocenters. The van der Waals surface area contributed by atoms with Gasteiger partial charge in [0, 0.05) is 20.0 Å². The van der Waals surface area contributed by atoms with Gasteiger partial charge in [-0.2, -0.15) is 0 Å². The van der Waals surface area contributed by atoms with Crippen LogP contribution < -0.4 is 9.80 Å². The molecule has 3 heteroatoms. The van der Waals surface area contributed by atoms with Crippen molar-refractivity contribution in [1.82, 2.24) is 0 Å². The van der Waals surface area contributed by atoms with E-state index in [0.717, 1.165) is 24.5 Å². The Morgan fingerprint density at radius 2 is 1.83 bits per heavy atom. The minimum absolute atomic E-state index is 0.108. The van der Waals surface area contributed by atoms with E-state index in [-0.39, 0.29) is 11.9 Å². The summed E-state index contributed by atoms with van der Waals surface area (Å²) in [5, 5.41) is 0. The van der Waals surface area contributed by atoms with E-state index in [2.05, 4.69) is 49.9 Å². The molecule has 0 saturated heterocycles. The molecule has 1 atom stereocenters. The first kappa shape index (κ1) is 15.6. The van der Waals surface area contributed by atoms with Crippen molar-refractivity contribution < 1.29 is 4.79 Å². The maximum Gasteiger partial charge on any atom is 0.224 e. The summed E-state index contributed by atoms with van der Waals surface area (Å²) in [6, 6.07) is 15.0. The van der Waals surface area contributed by atoms with Gasteiger partial charge in [0.2, 0.25) is 5.91 Å². The van der Waals surface area contributed by atoms with Crippen LogP contribution >= 0.6 is 0 Å². The first-order valence-electron chi connectivity index (χ1n) is 8.17. The summed E-state index contributed by atoms with van der Waals surface area (Å²) >= 11 is 0. The van der Waals surface area contributed by atoms with Crippen molar-refractivity contribution in [2.75, 3.05) is 16.3 Å². The molecular formula is C20H24N2O. The fraction of sp³-hybridized carbons (Fsp3) is 0.350. The van der Waals surface area contributed by atoms with Gasteiger partial charge in [0.1, 0.15) is 0 Å². The molecule has 2 aromatic rings. The van der Waals surface area contributed by atoms with E-state index in [1.54, 1.807) is 6.92 Å². The average Bonchev–Trinajstić information content (AvgIpc) is 2.50. The standard InChI is InChI=1S/C20H24N2O/c1-14-9-10-15(2)18(11-14)13-21-12-16(3)22(17(4)23)20-8-6-5-7-19(20)21/h5-11,16H,12-13H2,1-4H3. The molecule has 0 N–H and O–H groups in total. The molecule has 1 amide bonds. The van der Waals surface area contributed by atoms with Crippen LogP contribution in [0.3, 0.4) is 0 Å². The number of carbonyl (C=O) groups is 1. The summed E-state index contributed by atoms with van der Waals surface area (Å²) in [7, 11) is 0. The highest BCUT2D eigenvalue weighted by Gasteiger charge is 2.30. The van der Waals surface area contributed by atoms with Gasteiger partial charge >= 0.3 is 0 Å². The molecule has 0 aliphatic carbocycles. The van der Waals surface area contributed by atoms with Crippen LogP contribution in [-0.2, 0) is 11.3 Å². The summed E-state index contributed by atoms with van der Waals surface area (Å²) in [6.45, 7) is 9.79. The number of benzene rings is 2. The number of aryl methyl sites for hydroxylation is 2. The smallest absolute Gasteiger partial charge is 0.224 e. The maximum absolute atomic E-state index is 12.0. The van der Waals surface area contributed by atoms with Crippen molar-refractivity contribution in [3.05, 3.63) is 59.2 Å². The van der Waals surface area contributed by atoms with Crippen molar-refractivity contribution >= 4 is 17.3 Å². The lowest BCUT2D eigenvalue weighted by atomic mass is 10.0. The number of anilines is 2. The number of carbonyl (C=O) groups excluding carboxylic acids is 1. The summed E-state index contributed by atoms with van der Waals surface area (Å²) in [4.78, 5) is 16.3. The van der Waals surface area contributed by atoms with Gasteiger partial charge in [-0.3, -0.25) is 4.79 Å². The first-order chi connectivity index (χ1) is 11.0. The number of para-hydroxylation sites is 2. The SMILES string of the molecule is CC(=O)N1c2ccccc2N(Cc2cc(C)ccc2C)CC1C. The molecule has 1 aliphatic heterocycles. The topological polar surface area (TPSA) is 23.6 Å². The zero-order valence-corrected chi connectivity index (χ0v) is 14.3. The van der Waals surface area contributed by atoms with Gasteiger partial charge < -0.3 is 9.80 Å². The minimum Gasteiger partial charge on any atom is -0.363 e. The highest BCUT2D eigenvalue weighted by atomic mass is 16.2. The average molecular weight is 308 g/mol. The number of fused-ring (bicyclic) bond motifs is 1. The number of amides is 1. The molecular weight excluding hydrogens is 284 g/mol. The fourth-order valence-corrected chi connectivity index (χ4v) is 3.48. The predicted octanol–water partition coefficient (Wildman–Crippen LogP) is 4.07. The molecule has 0 aromatic heterocycles. The largest absolute Gasteiger partial charge is 0.363 e. The van der Waals surface area contributed by atoms with Crippen LogP contribution in [0.1, 0.15) is 30.5 Å². The maximum atomic E-state index is 12.0.